The minimum absolute atomic E-state index is 0.00450. The standard InChI is InChI=1S/C18H19N3O2/c1-13-5-7-16(8-6-13)23-12-17(22)19-10-15-11-21-9-3-4-14(2)18(21)20-15/h3-9,11H,10,12H2,1-2H3,(H,19,22). The zero-order valence-electron chi connectivity index (χ0n) is 13.2. The third-order valence-electron chi connectivity index (χ3n) is 3.59. The van der Waals surface area contributed by atoms with Gasteiger partial charge in [0.15, 0.2) is 6.61 Å². The Bertz CT molecular complexity index is 822. The Hall–Kier alpha value is -2.82. The zero-order chi connectivity index (χ0) is 16.2. The number of ether oxygens (including phenoxy) is 1. The van der Waals surface area contributed by atoms with E-state index >= 15 is 0 Å². The molecule has 0 unspecified atom stereocenters. The fraction of sp³-hybridized carbons (Fsp3) is 0.222. The van der Waals surface area contributed by atoms with E-state index in [0.29, 0.717) is 12.3 Å². The van der Waals surface area contributed by atoms with Gasteiger partial charge in [-0.25, -0.2) is 4.98 Å². The lowest BCUT2D eigenvalue weighted by Crippen LogP contribution is -2.28. The number of aromatic nitrogens is 2. The smallest absolute Gasteiger partial charge is 0.258 e. The first-order valence-corrected chi connectivity index (χ1v) is 7.51. The maximum atomic E-state index is 11.9. The van der Waals surface area contributed by atoms with Crippen molar-refractivity contribution in [3.05, 3.63) is 65.6 Å². The molecule has 0 radical (unpaired) electrons. The molecule has 0 fully saturated rings. The van der Waals surface area contributed by atoms with Crippen molar-refractivity contribution in [1.82, 2.24) is 14.7 Å². The molecule has 0 aliphatic carbocycles. The third-order valence-corrected chi connectivity index (χ3v) is 3.59. The molecule has 0 atom stereocenters. The summed E-state index contributed by atoms with van der Waals surface area (Å²) < 4.78 is 7.41. The van der Waals surface area contributed by atoms with E-state index in [0.717, 1.165) is 22.5 Å². The first-order valence-electron chi connectivity index (χ1n) is 7.51. The predicted octanol–water partition coefficient (Wildman–Crippen LogP) is 2.65. The van der Waals surface area contributed by atoms with Gasteiger partial charge in [0, 0.05) is 12.4 Å². The van der Waals surface area contributed by atoms with Crippen molar-refractivity contribution in [2.24, 2.45) is 0 Å². The molecule has 2 heterocycles. The van der Waals surface area contributed by atoms with Gasteiger partial charge in [0.1, 0.15) is 11.4 Å². The van der Waals surface area contributed by atoms with Crippen LogP contribution in [0.5, 0.6) is 5.75 Å². The van der Waals surface area contributed by atoms with Crippen LogP contribution < -0.4 is 10.1 Å². The summed E-state index contributed by atoms with van der Waals surface area (Å²) >= 11 is 0. The van der Waals surface area contributed by atoms with Crippen molar-refractivity contribution in [3.63, 3.8) is 0 Å². The van der Waals surface area contributed by atoms with Crippen LogP contribution in [0.4, 0.5) is 0 Å². The minimum Gasteiger partial charge on any atom is -0.484 e. The van der Waals surface area contributed by atoms with E-state index in [1.165, 1.54) is 0 Å². The Labute approximate surface area is 134 Å². The number of carbonyl (C=O) groups is 1. The van der Waals surface area contributed by atoms with Crippen LogP contribution in [0.3, 0.4) is 0 Å². The molecular formula is C18H19N3O2. The van der Waals surface area contributed by atoms with Crippen molar-refractivity contribution in [3.8, 4) is 5.75 Å². The molecule has 2 aromatic heterocycles. The summed E-state index contributed by atoms with van der Waals surface area (Å²) in [6.45, 7) is 4.40. The van der Waals surface area contributed by atoms with E-state index in [9.17, 15) is 4.79 Å². The maximum Gasteiger partial charge on any atom is 0.258 e. The number of fused-ring (bicyclic) bond motifs is 1. The lowest BCUT2D eigenvalue weighted by Gasteiger charge is -2.06. The van der Waals surface area contributed by atoms with E-state index < -0.39 is 0 Å². The predicted molar refractivity (Wildman–Crippen MR) is 88.4 cm³/mol. The molecule has 0 bridgehead atoms. The molecular weight excluding hydrogens is 290 g/mol. The number of rotatable bonds is 5. The highest BCUT2D eigenvalue weighted by Crippen LogP contribution is 2.11. The summed E-state index contributed by atoms with van der Waals surface area (Å²) in [4.78, 5) is 16.4. The van der Waals surface area contributed by atoms with Crippen LogP contribution in [0.1, 0.15) is 16.8 Å². The molecule has 0 aliphatic rings. The number of benzene rings is 1. The second-order valence-electron chi connectivity index (χ2n) is 5.53. The van der Waals surface area contributed by atoms with Gasteiger partial charge in [0.25, 0.3) is 5.91 Å². The molecule has 0 aliphatic heterocycles. The van der Waals surface area contributed by atoms with Gasteiger partial charge in [-0.1, -0.05) is 23.8 Å². The van der Waals surface area contributed by atoms with Crippen molar-refractivity contribution < 1.29 is 9.53 Å². The number of imidazole rings is 1. The van der Waals surface area contributed by atoms with Gasteiger partial charge in [0.05, 0.1) is 12.2 Å². The van der Waals surface area contributed by atoms with E-state index in [1.54, 1.807) is 0 Å². The number of nitrogens with zero attached hydrogens (tertiary/aromatic N) is 2. The second-order valence-corrected chi connectivity index (χ2v) is 5.53. The van der Waals surface area contributed by atoms with Gasteiger partial charge in [-0.15, -0.1) is 0 Å². The highest BCUT2D eigenvalue weighted by molar-refractivity contribution is 5.77. The number of aryl methyl sites for hydroxylation is 2. The molecule has 3 rings (SSSR count). The van der Waals surface area contributed by atoms with Crippen LogP contribution in [0.2, 0.25) is 0 Å². The molecule has 5 heteroatoms. The average molecular weight is 309 g/mol. The molecule has 3 aromatic rings. The van der Waals surface area contributed by atoms with E-state index in [-0.39, 0.29) is 12.5 Å². The number of pyridine rings is 1. The van der Waals surface area contributed by atoms with Crippen molar-refractivity contribution in [2.75, 3.05) is 6.61 Å². The number of nitrogens with one attached hydrogen (secondary N) is 1. The van der Waals surface area contributed by atoms with Crippen LogP contribution in [-0.4, -0.2) is 21.9 Å². The van der Waals surface area contributed by atoms with Crippen molar-refractivity contribution >= 4 is 11.6 Å². The van der Waals surface area contributed by atoms with E-state index in [4.69, 9.17) is 4.74 Å². The molecule has 118 valence electrons. The van der Waals surface area contributed by atoms with Crippen LogP contribution in [0.25, 0.3) is 5.65 Å². The number of carbonyl (C=O) groups excluding carboxylic acids is 1. The number of hydrogen-bond donors (Lipinski definition) is 1. The largest absolute Gasteiger partial charge is 0.484 e. The molecule has 0 saturated carbocycles. The lowest BCUT2D eigenvalue weighted by atomic mass is 10.2. The average Bonchev–Trinajstić information content (AvgIpc) is 2.97. The Morgan fingerprint density at radius 2 is 2.00 bits per heavy atom. The first-order chi connectivity index (χ1) is 11.1. The van der Waals surface area contributed by atoms with Gasteiger partial charge in [-0.2, -0.15) is 0 Å². The normalized spacial score (nSPS) is 10.7. The van der Waals surface area contributed by atoms with Crippen LogP contribution in [-0.2, 0) is 11.3 Å². The molecule has 23 heavy (non-hydrogen) atoms. The Morgan fingerprint density at radius 1 is 1.22 bits per heavy atom. The molecule has 1 aromatic carbocycles. The Kier molecular flexibility index (Phi) is 4.28. The topological polar surface area (TPSA) is 55.6 Å². The second kappa shape index (κ2) is 6.52. The maximum absolute atomic E-state index is 11.9. The van der Waals surface area contributed by atoms with Gasteiger partial charge in [0.2, 0.25) is 0 Å². The van der Waals surface area contributed by atoms with E-state index in [1.807, 2.05) is 67.0 Å². The highest BCUT2D eigenvalue weighted by Gasteiger charge is 2.06. The number of hydrogen-bond acceptors (Lipinski definition) is 3. The molecule has 1 amide bonds. The Balaban J connectivity index is 1.53. The summed E-state index contributed by atoms with van der Waals surface area (Å²) in [6.07, 6.45) is 3.87. The highest BCUT2D eigenvalue weighted by atomic mass is 16.5. The van der Waals surface area contributed by atoms with Gasteiger partial charge in [-0.3, -0.25) is 4.79 Å². The van der Waals surface area contributed by atoms with Gasteiger partial charge in [-0.05, 0) is 37.6 Å². The zero-order valence-corrected chi connectivity index (χ0v) is 13.2. The van der Waals surface area contributed by atoms with E-state index in [2.05, 4.69) is 10.3 Å². The minimum atomic E-state index is -0.167. The third kappa shape index (κ3) is 3.69. The van der Waals surface area contributed by atoms with Gasteiger partial charge < -0.3 is 14.5 Å². The summed E-state index contributed by atoms with van der Waals surface area (Å²) in [5, 5.41) is 2.82. The fourth-order valence-electron chi connectivity index (χ4n) is 2.31. The molecule has 1 N–H and O–H groups in total. The monoisotopic (exact) mass is 309 g/mol. The van der Waals surface area contributed by atoms with Crippen molar-refractivity contribution in [1.29, 1.82) is 0 Å². The van der Waals surface area contributed by atoms with Gasteiger partial charge >= 0.3 is 0 Å². The van der Waals surface area contributed by atoms with Crippen LogP contribution >= 0.6 is 0 Å². The summed E-state index contributed by atoms with van der Waals surface area (Å²) in [7, 11) is 0. The lowest BCUT2D eigenvalue weighted by molar-refractivity contribution is -0.123. The molecule has 0 saturated heterocycles. The molecule has 5 nitrogen and oxygen atoms in total. The SMILES string of the molecule is Cc1ccc(OCC(=O)NCc2cn3cccc(C)c3n2)cc1. The summed E-state index contributed by atoms with van der Waals surface area (Å²) in [5.41, 5.74) is 3.99. The summed E-state index contributed by atoms with van der Waals surface area (Å²) in [6, 6.07) is 11.6. The number of amides is 1. The molecule has 0 spiro atoms. The van der Waals surface area contributed by atoms with Crippen LogP contribution in [0, 0.1) is 13.8 Å². The Morgan fingerprint density at radius 3 is 2.74 bits per heavy atom. The van der Waals surface area contributed by atoms with Crippen molar-refractivity contribution in [2.45, 2.75) is 20.4 Å². The fourth-order valence-corrected chi connectivity index (χ4v) is 2.31. The van der Waals surface area contributed by atoms with Crippen LogP contribution in [0.15, 0.2) is 48.8 Å². The summed E-state index contributed by atoms with van der Waals surface area (Å²) in [5.74, 6) is 0.522. The quantitative estimate of drug-likeness (QED) is 0.788. The first kappa shape index (κ1) is 15.1.